The summed E-state index contributed by atoms with van der Waals surface area (Å²) in [6.07, 6.45) is 2.01. The number of hydrogen-bond donors (Lipinski definition) is 2. The molecule has 20 heavy (non-hydrogen) atoms. The van der Waals surface area contributed by atoms with Crippen LogP contribution in [0.5, 0.6) is 5.75 Å². The van der Waals surface area contributed by atoms with Gasteiger partial charge in [-0.3, -0.25) is 0 Å². The molecule has 1 aromatic carbocycles. The van der Waals surface area contributed by atoms with Gasteiger partial charge in [-0.15, -0.1) is 0 Å². The Morgan fingerprint density at radius 3 is 2.40 bits per heavy atom. The molecule has 0 aliphatic heterocycles. The number of benzene rings is 1. The topological polar surface area (TPSA) is 69.6 Å². The molecule has 0 aliphatic carbocycles. The number of phenols is 1. The summed E-state index contributed by atoms with van der Waals surface area (Å²) < 4.78 is 24.3. The van der Waals surface area contributed by atoms with Crippen LogP contribution in [0, 0.1) is 0 Å². The van der Waals surface area contributed by atoms with Crippen LogP contribution in [0.15, 0.2) is 24.3 Å². The molecule has 0 aliphatic rings. The van der Waals surface area contributed by atoms with Gasteiger partial charge in [0, 0.05) is 19.1 Å². The lowest BCUT2D eigenvalue weighted by atomic mass is 10.1. The van der Waals surface area contributed by atoms with Crippen molar-refractivity contribution in [3.8, 4) is 5.75 Å². The van der Waals surface area contributed by atoms with E-state index in [1.165, 1.54) is 10.6 Å². The molecule has 114 valence electrons. The average molecular weight is 300 g/mol. The minimum Gasteiger partial charge on any atom is -0.508 e. The number of aromatic hydroxyl groups is 1. The van der Waals surface area contributed by atoms with Crippen molar-refractivity contribution < 1.29 is 13.5 Å². The zero-order valence-electron chi connectivity index (χ0n) is 12.3. The summed E-state index contributed by atoms with van der Waals surface area (Å²) >= 11 is 0. The van der Waals surface area contributed by atoms with E-state index in [1.807, 2.05) is 26.0 Å². The third kappa shape index (κ3) is 5.48. The molecule has 0 fully saturated rings. The Morgan fingerprint density at radius 2 is 1.90 bits per heavy atom. The third-order valence-electron chi connectivity index (χ3n) is 3.25. The highest BCUT2D eigenvalue weighted by Crippen LogP contribution is 2.16. The first-order chi connectivity index (χ1) is 9.34. The molecule has 5 nitrogen and oxygen atoms in total. The van der Waals surface area contributed by atoms with Gasteiger partial charge in [0.15, 0.2) is 0 Å². The summed E-state index contributed by atoms with van der Waals surface area (Å²) in [7, 11) is -3.09. The zero-order valence-corrected chi connectivity index (χ0v) is 13.2. The summed E-state index contributed by atoms with van der Waals surface area (Å²) in [5, 5.41) is 12.6. The molecule has 2 N–H and O–H groups in total. The molecule has 0 aromatic heterocycles. The predicted octanol–water partition coefficient (Wildman–Crippen LogP) is 1.71. The van der Waals surface area contributed by atoms with Crippen molar-refractivity contribution in [1.29, 1.82) is 0 Å². The molecule has 0 saturated heterocycles. The first-order valence-electron chi connectivity index (χ1n) is 6.82. The Labute approximate surface area is 121 Å². The van der Waals surface area contributed by atoms with Gasteiger partial charge in [-0.1, -0.05) is 19.1 Å². The predicted molar refractivity (Wildman–Crippen MR) is 81.2 cm³/mol. The first kappa shape index (κ1) is 16.9. The lowest BCUT2D eigenvalue weighted by Gasteiger charge is -2.19. The molecule has 0 heterocycles. The van der Waals surface area contributed by atoms with Crippen LogP contribution in [0.4, 0.5) is 0 Å². The Morgan fingerprint density at radius 1 is 1.30 bits per heavy atom. The quantitative estimate of drug-likeness (QED) is 0.717. The van der Waals surface area contributed by atoms with Crippen LogP contribution in [0.25, 0.3) is 0 Å². The molecular formula is C14H24N2O3S. The van der Waals surface area contributed by atoms with Crippen LogP contribution in [-0.2, 0) is 10.0 Å². The summed E-state index contributed by atoms with van der Waals surface area (Å²) in [4.78, 5) is 0. The van der Waals surface area contributed by atoms with Crippen LogP contribution >= 0.6 is 0 Å². The van der Waals surface area contributed by atoms with E-state index in [0.717, 1.165) is 18.5 Å². The lowest BCUT2D eigenvalue weighted by Crippen LogP contribution is -2.32. The summed E-state index contributed by atoms with van der Waals surface area (Å²) in [6.45, 7) is 5.67. The first-order valence-corrected chi connectivity index (χ1v) is 8.67. The van der Waals surface area contributed by atoms with Crippen LogP contribution in [-0.4, -0.2) is 43.7 Å². The molecule has 0 spiro atoms. The normalized spacial score (nSPS) is 13.6. The molecule has 6 heteroatoms. The maximum atomic E-state index is 11.4. The number of hydrogen-bond acceptors (Lipinski definition) is 4. The smallest absolute Gasteiger partial charge is 0.211 e. The van der Waals surface area contributed by atoms with Crippen molar-refractivity contribution in [2.75, 3.05) is 25.9 Å². The second-order valence-electron chi connectivity index (χ2n) is 4.88. The highest BCUT2D eigenvalue weighted by atomic mass is 32.2. The largest absolute Gasteiger partial charge is 0.508 e. The van der Waals surface area contributed by atoms with Gasteiger partial charge in [0.1, 0.15) is 5.75 Å². The number of nitrogens with one attached hydrogen (secondary N) is 1. The zero-order chi connectivity index (χ0) is 15.2. The summed E-state index contributed by atoms with van der Waals surface area (Å²) in [5.41, 5.74) is 1.10. The number of nitrogens with zero attached hydrogens (tertiary/aromatic N) is 1. The third-order valence-corrected chi connectivity index (χ3v) is 4.63. The monoisotopic (exact) mass is 300 g/mol. The van der Waals surface area contributed by atoms with Crippen LogP contribution in [0.2, 0.25) is 0 Å². The van der Waals surface area contributed by atoms with Crippen molar-refractivity contribution in [1.82, 2.24) is 9.62 Å². The molecule has 0 radical (unpaired) electrons. The second kappa shape index (κ2) is 7.61. The van der Waals surface area contributed by atoms with E-state index in [1.54, 1.807) is 12.1 Å². The van der Waals surface area contributed by atoms with E-state index in [2.05, 4.69) is 5.32 Å². The standard InChI is InChI=1S/C14H24N2O3S/c1-4-16(20(3,18)19)11-5-10-15-12(2)13-6-8-14(17)9-7-13/h6-9,12,15,17H,4-5,10-11H2,1-3H3. The average Bonchev–Trinajstić information content (AvgIpc) is 2.37. The maximum absolute atomic E-state index is 11.4. The van der Waals surface area contributed by atoms with E-state index in [4.69, 9.17) is 0 Å². The molecule has 0 amide bonds. The highest BCUT2D eigenvalue weighted by molar-refractivity contribution is 7.88. The van der Waals surface area contributed by atoms with Crippen LogP contribution < -0.4 is 5.32 Å². The van der Waals surface area contributed by atoms with Crippen molar-refractivity contribution in [2.45, 2.75) is 26.3 Å². The minimum absolute atomic E-state index is 0.170. The fourth-order valence-corrected chi connectivity index (χ4v) is 2.94. The van der Waals surface area contributed by atoms with Gasteiger partial charge in [0.05, 0.1) is 6.26 Å². The van der Waals surface area contributed by atoms with Gasteiger partial charge in [-0.25, -0.2) is 12.7 Å². The van der Waals surface area contributed by atoms with Gasteiger partial charge >= 0.3 is 0 Å². The molecular weight excluding hydrogens is 276 g/mol. The van der Waals surface area contributed by atoms with Crippen molar-refractivity contribution in [3.05, 3.63) is 29.8 Å². The van der Waals surface area contributed by atoms with Gasteiger partial charge in [0.25, 0.3) is 0 Å². The Bertz CT molecular complexity index is 500. The molecule has 1 rings (SSSR count). The molecule has 1 atom stereocenters. The lowest BCUT2D eigenvalue weighted by molar-refractivity contribution is 0.413. The second-order valence-corrected chi connectivity index (χ2v) is 6.86. The highest BCUT2D eigenvalue weighted by Gasteiger charge is 2.13. The number of phenolic OH excluding ortho intramolecular Hbond substituents is 1. The van der Waals surface area contributed by atoms with Gasteiger partial charge in [-0.05, 0) is 37.6 Å². The summed E-state index contributed by atoms with van der Waals surface area (Å²) in [6, 6.07) is 7.25. The SMILES string of the molecule is CCN(CCCNC(C)c1ccc(O)cc1)S(C)(=O)=O. The van der Waals surface area contributed by atoms with Crippen molar-refractivity contribution in [2.24, 2.45) is 0 Å². The van der Waals surface area contributed by atoms with E-state index < -0.39 is 10.0 Å². The fourth-order valence-electron chi connectivity index (χ4n) is 2.01. The fraction of sp³-hybridized carbons (Fsp3) is 0.571. The van der Waals surface area contributed by atoms with Crippen molar-refractivity contribution >= 4 is 10.0 Å². The van der Waals surface area contributed by atoms with Gasteiger partial charge in [-0.2, -0.15) is 0 Å². The number of sulfonamides is 1. The molecule has 0 bridgehead atoms. The minimum atomic E-state index is -3.09. The molecule has 0 saturated carbocycles. The maximum Gasteiger partial charge on any atom is 0.211 e. The van der Waals surface area contributed by atoms with Gasteiger partial charge in [0.2, 0.25) is 10.0 Å². The molecule has 1 aromatic rings. The van der Waals surface area contributed by atoms with E-state index in [-0.39, 0.29) is 11.8 Å². The Kier molecular flexibility index (Phi) is 6.45. The van der Waals surface area contributed by atoms with Gasteiger partial charge < -0.3 is 10.4 Å². The number of rotatable bonds is 8. The Hall–Kier alpha value is -1.11. The Balaban J connectivity index is 2.35. The van der Waals surface area contributed by atoms with Crippen LogP contribution in [0.3, 0.4) is 0 Å². The van der Waals surface area contributed by atoms with E-state index in [0.29, 0.717) is 13.1 Å². The van der Waals surface area contributed by atoms with E-state index >= 15 is 0 Å². The van der Waals surface area contributed by atoms with Crippen LogP contribution in [0.1, 0.15) is 31.9 Å². The molecule has 1 unspecified atom stereocenters. The van der Waals surface area contributed by atoms with Crippen molar-refractivity contribution in [3.63, 3.8) is 0 Å². The summed E-state index contributed by atoms with van der Waals surface area (Å²) in [5.74, 6) is 0.257. The van der Waals surface area contributed by atoms with E-state index in [9.17, 15) is 13.5 Å².